The number of anilines is 7. The van der Waals surface area contributed by atoms with E-state index in [2.05, 4.69) is 200 Å². The van der Waals surface area contributed by atoms with Gasteiger partial charge in [-0.2, -0.15) is 6.07 Å². The predicted octanol–water partition coefficient (Wildman–Crippen LogP) is 18.2. The van der Waals surface area contributed by atoms with E-state index >= 15 is 0 Å². The number of hydrogen-bond donors (Lipinski definition) is 0. The van der Waals surface area contributed by atoms with E-state index in [9.17, 15) is 2.74 Å². The van der Waals surface area contributed by atoms with Crippen LogP contribution >= 0.6 is 0 Å². The zero-order chi connectivity index (χ0) is 65.4. The van der Waals surface area contributed by atoms with E-state index in [-0.39, 0.29) is 60.5 Å². The van der Waals surface area contributed by atoms with E-state index in [0.29, 0.717) is 45.5 Å². The van der Waals surface area contributed by atoms with Crippen LogP contribution < -0.4 is 40.2 Å². The molecule has 0 amide bonds. The number of para-hydroxylation sites is 4. The Morgan fingerprint density at radius 1 is 0.500 bits per heavy atom. The first-order valence-electron chi connectivity index (χ1n) is 33.1. The molecule has 0 fully saturated rings. The van der Waals surface area contributed by atoms with Crippen molar-refractivity contribution < 1.29 is 36.8 Å². The molecule has 0 aliphatic carbocycles. The molecule has 3 aliphatic rings. The fraction of sp³-hybridized carbons (Fsp3) is 0.165. The summed E-state index contributed by atoms with van der Waals surface area (Å²) in [6.45, 7) is 19.2. The first-order chi connectivity index (χ1) is 44.2. The monoisotopic (exact) mass is 1320 g/mol. The molecule has 0 bridgehead atoms. The number of nitrogens with zero attached hydrogens (tertiary/aromatic N) is 4. The minimum Gasteiger partial charge on any atom is -0.509 e. The second kappa shape index (κ2) is 21.5. The summed E-state index contributed by atoms with van der Waals surface area (Å²) >= 11 is 0. The first kappa shape index (κ1) is 47.7. The van der Waals surface area contributed by atoms with Gasteiger partial charge in [-0.25, -0.2) is 4.98 Å². The van der Waals surface area contributed by atoms with Gasteiger partial charge in [-0.05, 0) is 97.1 Å². The van der Waals surface area contributed by atoms with Crippen molar-refractivity contribution in [2.24, 2.45) is 0 Å². The molecule has 0 spiro atoms. The van der Waals surface area contributed by atoms with Crippen molar-refractivity contribution in [3.63, 3.8) is 0 Å². The summed E-state index contributed by atoms with van der Waals surface area (Å²) in [5.74, 6) is 1.25. The largest absolute Gasteiger partial charge is 0.509 e. The van der Waals surface area contributed by atoms with Crippen molar-refractivity contribution >= 4 is 68.8 Å². The van der Waals surface area contributed by atoms with Crippen LogP contribution in [0.15, 0.2) is 231 Å². The fourth-order valence-electron chi connectivity index (χ4n) is 12.8. The number of hydrogen-bond acceptors (Lipinski definition) is 5. The van der Waals surface area contributed by atoms with E-state index in [1.807, 2.05) is 84.4 Å². The first-order valence-corrected chi connectivity index (χ1v) is 31.1. The molecule has 1 atom stereocenters. The van der Waals surface area contributed by atoms with Crippen LogP contribution in [0, 0.1) is 25.7 Å². The summed E-state index contributed by atoms with van der Waals surface area (Å²) in [5, 5.41) is 4.67. The number of pyridine rings is 1. The van der Waals surface area contributed by atoms with Gasteiger partial charge in [0.25, 0.3) is 0 Å². The summed E-state index contributed by atoms with van der Waals surface area (Å²) < 4.78 is 79.3. The standard InChI is InChI=1S/C79H69N4OSi.Pt/c1-52-43-74(80-50-67(52)54-39-41-56(42-40-54)77(2,3)4)83-70-36-20-22-38-73(70)85(62-29-15-12-16-30-62)72-37-21-17-31-65(72)66-48-61(49-71(83)76(66)85)84-60-28-23-27-59(47-60)81-51-82(69-35-19-18-34-68(69)81)75-63(53-25-13-11-14-26-53)32-24-33-64(75)55-44-57(78(5,6)7)46-58(45-55)79(8,9)10;/h11-46,48,50-51H,1-10H3;/q-3;/i1D3,11D,13D,14D,25D,26D;. The molecule has 86 heavy (non-hydrogen) atoms. The summed E-state index contributed by atoms with van der Waals surface area (Å²) in [6.07, 6.45) is 1.70. The molecule has 0 saturated heterocycles. The third kappa shape index (κ3) is 9.53. The van der Waals surface area contributed by atoms with Gasteiger partial charge in [0.1, 0.15) is 13.9 Å². The van der Waals surface area contributed by atoms with Crippen molar-refractivity contribution in [3.05, 3.63) is 272 Å². The van der Waals surface area contributed by atoms with Gasteiger partial charge in [0.15, 0.2) is 0 Å². The van der Waals surface area contributed by atoms with Gasteiger partial charge < -0.3 is 19.4 Å². The smallest absolute Gasteiger partial charge is 0.135 e. The van der Waals surface area contributed by atoms with Gasteiger partial charge in [-0.15, -0.1) is 53.4 Å². The fourth-order valence-corrected chi connectivity index (χ4v) is 18.2. The number of ether oxygens (including phenoxy) is 1. The zero-order valence-corrected chi connectivity index (χ0v) is 52.9. The summed E-state index contributed by atoms with van der Waals surface area (Å²) in [6, 6.07) is 71.7. The van der Waals surface area contributed by atoms with Crippen LogP contribution in [0.4, 0.5) is 39.9 Å². The quantitative estimate of drug-likeness (QED) is 0.106. The van der Waals surface area contributed by atoms with E-state index in [0.717, 1.165) is 71.9 Å². The molecule has 10 aromatic carbocycles. The molecule has 7 heteroatoms. The third-order valence-corrected chi connectivity index (χ3v) is 22.0. The second-order valence-electron chi connectivity index (χ2n) is 25.5. The van der Waals surface area contributed by atoms with Crippen LogP contribution in [0.3, 0.4) is 0 Å². The molecule has 1 unspecified atom stereocenters. The Morgan fingerprint density at radius 3 is 1.79 bits per heavy atom. The molecular formula is C79H69N4OPtSi-3. The van der Waals surface area contributed by atoms with Crippen molar-refractivity contribution in [3.8, 4) is 56.0 Å². The normalized spacial score (nSPS) is 16.4. The Bertz CT molecular complexity index is 4780. The minimum absolute atomic E-state index is 0. The summed E-state index contributed by atoms with van der Waals surface area (Å²) in [4.78, 5) is 11.4. The Morgan fingerprint density at radius 2 is 1.10 bits per heavy atom. The summed E-state index contributed by atoms with van der Waals surface area (Å²) in [7, 11) is -3.15. The molecule has 5 nitrogen and oxygen atoms in total. The van der Waals surface area contributed by atoms with Crippen LogP contribution in [0.2, 0.25) is 0 Å². The molecule has 0 N–H and O–H groups in total. The Hall–Kier alpha value is -8.54. The van der Waals surface area contributed by atoms with Crippen molar-refractivity contribution in [1.29, 1.82) is 0 Å². The Kier molecular flexibility index (Phi) is 11.9. The topological polar surface area (TPSA) is 31.8 Å². The van der Waals surface area contributed by atoms with Crippen LogP contribution in [0.1, 0.15) is 95.5 Å². The molecule has 0 saturated carbocycles. The number of fused-ring (bicyclic) bond motifs is 6. The minimum atomic E-state index is -3.15. The Labute approximate surface area is 535 Å². The average molecular weight is 1320 g/mol. The zero-order valence-electron chi connectivity index (χ0n) is 57.6. The number of rotatable bonds is 9. The van der Waals surface area contributed by atoms with Gasteiger partial charge in [0.05, 0.1) is 6.85 Å². The predicted molar refractivity (Wildman–Crippen MR) is 358 cm³/mol. The van der Waals surface area contributed by atoms with Crippen molar-refractivity contribution in [2.45, 2.75) is 85.4 Å². The Balaban J connectivity index is 0.00000803. The van der Waals surface area contributed by atoms with Gasteiger partial charge in [0, 0.05) is 82.3 Å². The molecule has 14 rings (SSSR count). The number of aryl methyl sites for hydroxylation is 1. The van der Waals surface area contributed by atoms with E-state index in [1.54, 1.807) is 12.3 Å². The molecule has 0 radical (unpaired) electrons. The molecule has 4 heterocycles. The van der Waals surface area contributed by atoms with Gasteiger partial charge >= 0.3 is 0 Å². The third-order valence-electron chi connectivity index (χ3n) is 17.1. The van der Waals surface area contributed by atoms with Crippen LogP contribution in [-0.4, -0.2) is 13.1 Å². The molecule has 3 aliphatic heterocycles. The van der Waals surface area contributed by atoms with Crippen molar-refractivity contribution in [1.82, 2.24) is 4.98 Å². The van der Waals surface area contributed by atoms with Gasteiger partial charge in [0.2, 0.25) is 0 Å². The maximum atomic E-state index is 9.36. The molecular weight excluding hydrogens is 1240 g/mol. The second-order valence-corrected chi connectivity index (χ2v) is 29.2. The maximum absolute atomic E-state index is 9.36. The van der Waals surface area contributed by atoms with E-state index in [1.165, 1.54) is 10.4 Å². The number of aromatic nitrogens is 1. The van der Waals surface area contributed by atoms with E-state index < -0.39 is 33.1 Å². The van der Waals surface area contributed by atoms with Crippen LogP contribution in [0.5, 0.6) is 11.5 Å². The molecule has 11 aromatic rings. The maximum Gasteiger partial charge on any atom is 0.135 e. The average Bonchev–Trinajstić information content (AvgIpc) is 1.46. The van der Waals surface area contributed by atoms with Crippen molar-refractivity contribution in [2.75, 3.05) is 14.7 Å². The van der Waals surface area contributed by atoms with Gasteiger partial charge in [-0.1, -0.05) is 254 Å². The molecule has 428 valence electrons. The van der Waals surface area contributed by atoms with Gasteiger partial charge in [-0.3, -0.25) is 0 Å². The molecule has 1 aromatic heterocycles. The van der Waals surface area contributed by atoms with Crippen LogP contribution in [0.25, 0.3) is 44.5 Å². The van der Waals surface area contributed by atoms with E-state index in [4.69, 9.17) is 17.9 Å². The SMILES string of the molecule is [2H]c1c([2H])c([2H])c(-c2cccc(-c3cc(C(C)(C)C)cc(C(C)(C)C)c3)c2N2[CH-]N(c3[c-]c(Oc4[c-]c5c6c(c4)-c4ccccc4[Si]6(c4ccccc4)c4ccccc4N5c4cc(C([2H])([2H])[2H])c(-c5ccc(C(C)(C)C)cc5)cn4)ccc3)c3ccccc32)c([2H])c1[2H].[Pt]. The number of benzene rings is 10. The summed E-state index contributed by atoms with van der Waals surface area (Å²) in [5.41, 5.74) is 13.2. The van der Waals surface area contributed by atoms with Crippen LogP contribution in [-0.2, 0) is 37.3 Å².